The Hall–Kier alpha value is -0.540. The molecule has 1 saturated heterocycles. The van der Waals surface area contributed by atoms with Crippen molar-refractivity contribution in [3.05, 3.63) is 28.6 Å². The molecule has 0 saturated carbocycles. The third-order valence-corrected chi connectivity index (χ3v) is 1.75. The van der Waals surface area contributed by atoms with Crippen LogP contribution < -0.4 is 4.90 Å². The fraction of sp³-hybridized carbons (Fsp3) is 0.455. The third kappa shape index (κ3) is 2.28. The Morgan fingerprint density at radius 3 is 2.93 bits per heavy atom. The lowest BCUT2D eigenvalue weighted by molar-refractivity contribution is 0.313. The maximum Gasteiger partial charge on any atom is 0.0657 e. The first kappa shape index (κ1) is 2.41. The van der Waals surface area contributed by atoms with Gasteiger partial charge >= 0.3 is 0 Å². The molecule has 0 unspecified atom stereocenters. The van der Waals surface area contributed by atoms with Gasteiger partial charge in [0.1, 0.15) is 0 Å². The van der Waals surface area contributed by atoms with E-state index in [0.717, 1.165) is 0 Å². The number of benzene rings is 1. The lowest BCUT2D eigenvalue weighted by atomic mass is 10.2. The van der Waals surface area contributed by atoms with Crippen LogP contribution in [-0.2, 0) is 0 Å². The van der Waals surface area contributed by atoms with Gasteiger partial charge in [-0.25, -0.2) is 0 Å². The zero-order valence-corrected chi connectivity index (χ0v) is 8.36. The van der Waals surface area contributed by atoms with Crippen LogP contribution in [0.1, 0.15) is 20.6 Å². The Kier molecular flexibility index (Phi) is 0.743. The minimum Gasteiger partial charge on any atom is -0.369 e. The molecule has 0 aliphatic carbocycles. The van der Waals surface area contributed by atoms with Gasteiger partial charge in [-0.2, -0.15) is 0 Å². The summed E-state index contributed by atoms with van der Waals surface area (Å²) in [5.41, 5.74) is -0.995. The summed E-state index contributed by atoms with van der Waals surface area (Å²) in [5.74, 6) is 0. The van der Waals surface area contributed by atoms with E-state index in [0.29, 0.717) is 0 Å². The second-order valence-corrected chi connectivity index (χ2v) is 3.07. The SMILES string of the molecule is [2H]c1c([2H])c(Br)c([2H])c(N2C([2H])([2H])C([2H])([2H])N(C([2H])([2H])[2H])C([2H])([2H])C2([2H])[2H])c1[2H]. The Labute approximate surface area is 115 Å². The second-order valence-electron chi connectivity index (χ2n) is 2.28. The van der Waals surface area contributed by atoms with Gasteiger partial charge in [0.15, 0.2) is 0 Å². The zero-order valence-electron chi connectivity index (χ0n) is 21.8. The summed E-state index contributed by atoms with van der Waals surface area (Å²) < 4.78 is 118. The van der Waals surface area contributed by atoms with E-state index in [-0.39, 0.29) is 4.90 Å². The first-order chi connectivity index (χ1) is 12.7. The van der Waals surface area contributed by atoms with Crippen molar-refractivity contribution in [2.45, 2.75) is 0 Å². The number of anilines is 1. The second kappa shape index (κ2) is 4.32. The van der Waals surface area contributed by atoms with Gasteiger partial charge in [-0.3, -0.25) is 0 Å². The summed E-state index contributed by atoms with van der Waals surface area (Å²) in [6.45, 7) is -18.1. The highest BCUT2D eigenvalue weighted by atomic mass is 79.9. The Balaban J connectivity index is 2.99. The quantitative estimate of drug-likeness (QED) is 0.772. The van der Waals surface area contributed by atoms with Crippen LogP contribution in [0.15, 0.2) is 28.6 Å². The standard InChI is InChI=1S/C11H15BrN2/c1-13-5-7-14(8-6-13)11-4-2-3-10(12)9-11/h2-4,9H,5-8H2,1H3/i1D3,2D,3D,4D,5D2,6D2,7D2,8D2,9D. The molecule has 1 fully saturated rings. The number of hydrogen-bond donors (Lipinski definition) is 0. The lowest BCUT2D eigenvalue weighted by Crippen LogP contribution is -2.44. The molecular weight excluding hydrogens is 240 g/mol. The summed E-state index contributed by atoms with van der Waals surface area (Å²) >= 11 is 2.82. The molecule has 2 rings (SSSR count). The first-order valence-electron chi connectivity index (χ1n) is 11.0. The molecule has 0 atom stereocenters. The average molecular weight is 270 g/mol. The summed E-state index contributed by atoms with van der Waals surface area (Å²) in [4.78, 5) is -0.679. The number of halogens is 1. The van der Waals surface area contributed by atoms with Crippen molar-refractivity contribution >= 4 is 21.6 Å². The molecule has 0 amide bonds. The Morgan fingerprint density at radius 2 is 2.21 bits per heavy atom. The molecule has 3 heteroatoms. The average Bonchev–Trinajstić information content (AvgIpc) is 2.51. The maximum atomic E-state index is 8.18. The Morgan fingerprint density at radius 1 is 1.43 bits per heavy atom. The number of piperazine rings is 1. The largest absolute Gasteiger partial charge is 0.369 e. The van der Waals surface area contributed by atoms with Crippen LogP contribution in [0.3, 0.4) is 0 Å². The molecule has 0 spiro atoms. The van der Waals surface area contributed by atoms with Crippen LogP contribution in [0.2, 0.25) is 0 Å². The van der Waals surface area contributed by atoms with Crippen LogP contribution in [0.25, 0.3) is 0 Å². The maximum absolute atomic E-state index is 8.18. The van der Waals surface area contributed by atoms with Crippen molar-refractivity contribution in [3.8, 4) is 0 Å². The highest BCUT2D eigenvalue weighted by Gasteiger charge is 2.13. The zero-order chi connectivity index (χ0) is 23.1. The van der Waals surface area contributed by atoms with E-state index in [9.17, 15) is 0 Å². The fourth-order valence-corrected chi connectivity index (χ4v) is 1.08. The number of rotatable bonds is 1. The fourth-order valence-electron chi connectivity index (χ4n) is 0.791. The molecule has 1 aromatic carbocycles. The van der Waals surface area contributed by atoms with Gasteiger partial charge in [-0.15, -0.1) is 0 Å². The van der Waals surface area contributed by atoms with Crippen molar-refractivity contribution in [1.29, 1.82) is 0 Å². The van der Waals surface area contributed by atoms with E-state index in [1.807, 2.05) is 0 Å². The summed E-state index contributed by atoms with van der Waals surface area (Å²) in [6, 6.07) is -3.33. The van der Waals surface area contributed by atoms with Crippen LogP contribution in [0, 0.1) is 0 Å². The first-order valence-corrected chi connectivity index (χ1v) is 4.32. The molecule has 1 aromatic rings. The van der Waals surface area contributed by atoms with E-state index in [2.05, 4.69) is 15.9 Å². The molecular formula is C11H15BrN2. The van der Waals surface area contributed by atoms with E-state index in [1.165, 1.54) is 0 Å². The van der Waals surface area contributed by atoms with Gasteiger partial charge < -0.3 is 9.80 Å². The monoisotopic (exact) mass is 269 g/mol. The van der Waals surface area contributed by atoms with Crippen LogP contribution in [0.4, 0.5) is 5.69 Å². The highest BCUT2D eigenvalue weighted by molar-refractivity contribution is 9.10. The third-order valence-electron chi connectivity index (χ3n) is 1.35. The molecule has 76 valence electrons. The smallest absolute Gasteiger partial charge is 0.0657 e. The van der Waals surface area contributed by atoms with Crippen molar-refractivity contribution in [2.24, 2.45) is 0 Å². The van der Waals surface area contributed by atoms with Crippen molar-refractivity contribution in [2.75, 3.05) is 37.9 Å². The number of nitrogens with zero attached hydrogens (tertiary/aromatic N) is 2. The topological polar surface area (TPSA) is 6.48 Å². The van der Waals surface area contributed by atoms with Crippen molar-refractivity contribution in [3.63, 3.8) is 0 Å². The Bertz CT molecular complexity index is 791. The summed E-state index contributed by atoms with van der Waals surface area (Å²) in [6.07, 6.45) is 0. The van der Waals surface area contributed by atoms with Gasteiger partial charge in [-0.05, 0) is 25.1 Å². The van der Waals surface area contributed by atoms with Gasteiger partial charge in [0.25, 0.3) is 0 Å². The van der Waals surface area contributed by atoms with Gasteiger partial charge in [0.2, 0.25) is 0 Å². The summed E-state index contributed by atoms with van der Waals surface area (Å²) in [7, 11) is 0. The minimum absolute atomic E-state index is 0.158. The molecule has 0 radical (unpaired) electrons. The number of hydrogen-bond acceptors (Lipinski definition) is 2. The highest BCUT2D eigenvalue weighted by Crippen LogP contribution is 2.20. The minimum atomic E-state index is -3.67. The predicted octanol–water partition coefficient (Wildman–Crippen LogP) is 2.20. The van der Waals surface area contributed by atoms with Gasteiger partial charge in [-0.1, -0.05) is 22.0 Å². The molecule has 14 heavy (non-hydrogen) atoms. The molecule has 1 aliphatic heterocycles. The molecule has 1 heterocycles. The molecule has 2 nitrogen and oxygen atoms in total. The molecule has 0 bridgehead atoms. The van der Waals surface area contributed by atoms with E-state index in [4.69, 9.17) is 20.6 Å². The predicted molar refractivity (Wildman–Crippen MR) is 63.9 cm³/mol. The van der Waals surface area contributed by atoms with Crippen molar-refractivity contribution in [1.82, 2.24) is 4.90 Å². The van der Waals surface area contributed by atoms with E-state index in [1.54, 1.807) is 0 Å². The summed E-state index contributed by atoms with van der Waals surface area (Å²) in [5, 5.41) is 0. The number of likely N-dealkylation sites (N-methyl/N-ethyl adjacent to an activating group) is 1. The molecule has 1 aliphatic rings. The van der Waals surface area contributed by atoms with Crippen LogP contribution >= 0.6 is 15.9 Å². The normalized spacial score (nSPS) is 49.5. The van der Waals surface area contributed by atoms with E-state index < -0.39 is 72.2 Å². The lowest BCUT2D eigenvalue weighted by Gasteiger charge is -2.34. The van der Waals surface area contributed by atoms with Crippen molar-refractivity contribution < 1.29 is 20.6 Å². The van der Waals surface area contributed by atoms with Gasteiger partial charge in [0, 0.05) is 45.7 Å². The van der Waals surface area contributed by atoms with Crippen LogP contribution in [0.5, 0.6) is 0 Å². The molecule has 0 aromatic heterocycles. The molecule has 0 N–H and O–H groups in total. The van der Waals surface area contributed by atoms with E-state index >= 15 is 0 Å². The van der Waals surface area contributed by atoms with Gasteiger partial charge in [0.05, 0.1) is 11.0 Å². The van der Waals surface area contributed by atoms with Crippen LogP contribution in [-0.4, -0.2) is 37.9 Å².